The van der Waals surface area contributed by atoms with E-state index in [1.165, 1.54) is 37.6 Å². The van der Waals surface area contributed by atoms with Crippen LogP contribution in [0.1, 0.15) is 45.8 Å². The van der Waals surface area contributed by atoms with Gasteiger partial charge in [0.05, 0.1) is 61.2 Å². The fraction of sp³-hybridized carbons (Fsp3) is 0.458. The third-order valence-electron chi connectivity index (χ3n) is 5.44. The standard InChI is InChI=1S/C24H30N2O7S/c1-12(2)33-9-8-26-19(15-10-16(30-5)22(32-7)17(11-15)31-6)18(21(28)24(26)29)20(27)23-13(3)25-14(4)34-23/h10-12,19,28H,8-9H2,1-7H3. The van der Waals surface area contributed by atoms with E-state index in [-0.39, 0.29) is 24.8 Å². The van der Waals surface area contributed by atoms with E-state index >= 15 is 0 Å². The van der Waals surface area contributed by atoms with Gasteiger partial charge >= 0.3 is 0 Å². The van der Waals surface area contributed by atoms with Gasteiger partial charge in [-0.15, -0.1) is 11.3 Å². The van der Waals surface area contributed by atoms with E-state index < -0.39 is 23.5 Å². The summed E-state index contributed by atoms with van der Waals surface area (Å²) in [7, 11) is 4.46. The van der Waals surface area contributed by atoms with Crippen LogP contribution >= 0.6 is 11.3 Å². The van der Waals surface area contributed by atoms with Crippen LogP contribution in [0.4, 0.5) is 0 Å². The summed E-state index contributed by atoms with van der Waals surface area (Å²) in [5.41, 5.74) is 1.06. The van der Waals surface area contributed by atoms with Crippen LogP contribution in [0.3, 0.4) is 0 Å². The van der Waals surface area contributed by atoms with Crippen molar-refractivity contribution in [2.24, 2.45) is 0 Å². The first-order valence-corrected chi connectivity index (χ1v) is 11.6. The smallest absolute Gasteiger partial charge is 0.290 e. The number of nitrogens with zero attached hydrogens (tertiary/aromatic N) is 2. The van der Waals surface area contributed by atoms with Crippen LogP contribution in [0, 0.1) is 13.8 Å². The Kier molecular flexibility index (Phi) is 7.83. The molecule has 1 atom stereocenters. The van der Waals surface area contributed by atoms with Crippen molar-refractivity contribution in [3.63, 3.8) is 0 Å². The number of ether oxygens (including phenoxy) is 4. The van der Waals surface area contributed by atoms with Crippen LogP contribution in [0.15, 0.2) is 23.5 Å². The van der Waals surface area contributed by atoms with Gasteiger partial charge in [0.2, 0.25) is 11.5 Å². The predicted molar refractivity (Wildman–Crippen MR) is 127 cm³/mol. The highest BCUT2D eigenvalue weighted by atomic mass is 32.1. The number of aryl methyl sites for hydroxylation is 2. The number of thiazole rings is 1. The largest absolute Gasteiger partial charge is 0.503 e. The summed E-state index contributed by atoms with van der Waals surface area (Å²) >= 11 is 1.22. The Labute approximate surface area is 202 Å². The van der Waals surface area contributed by atoms with Gasteiger partial charge in [-0.1, -0.05) is 0 Å². The SMILES string of the molecule is COc1cc(C2C(C(=O)c3sc(C)nc3C)=C(O)C(=O)N2CCOC(C)C)cc(OC)c1OC. The highest BCUT2D eigenvalue weighted by molar-refractivity contribution is 7.14. The van der Waals surface area contributed by atoms with Crippen molar-refractivity contribution in [2.75, 3.05) is 34.5 Å². The molecular formula is C24H30N2O7S. The Morgan fingerprint density at radius 3 is 2.24 bits per heavy atom. The molecule has 0 radical (unpaired) electrons. The van der Waals surface area contributed by atoms with Gasteiger partial charge in [0.25, 0.3) is 5.91 Å². The maximum absolute atomic E-state index is 13.6. The van der Waals surface area contributed by atoms with Gasteiger partial charge in [0.1, 0.15) is 0 Å². The second kappa shape index (κ2) is 10.4. The third-order valence-corrected chi connectivity index (χ3v) is 6.52. The summed E-state index contributed by atoms with van der Waals surface area (Å²) in [6.45, 7) is 7.71. The second-order valence-electron chi connectivity index (χ2n) is 8.02. The molecule has 0 fully saturated rings. The zero-order valence-electron chi connectivity index (χ0n) is 20.4. The van der Waals surface area contributed by atoms with Crippen molar-refractivity contribution < 1.29 is 33.6 Å². The third kappa shape index (κ3) is 4.74. The Bertz CT molecular complexity index is 1100. The number of aliphatic hydroxyl groups excluding tert-OH is 1. The molecule has 0 bridgehead atoms. The quantitative estimate of drug-likeness (QED) is 0.501. The molecule has 10 heteroatoms. The number of hydrogen-bond acceptors (Lipinski definition) is 9. The summed E-state index contributed by atoms with van der Waals surface area (Å²) < 4.78 is 22.0. The summed E-state index contributed by atoms with van der Waals surface area (Å²) in [4.78, 5) is 32.9. The minimum absolute atomic E-state index is 0.0180. The maximum atomic E-state index is 13.6. The molecule has 184 valence electrons. The zero-order valence-corrected chi connectivity index (χ0v) is 21.2. The van der Waals surface area contributed by atoms with Crippen LogP contribution in [0.2, 0.25) is 0 Å². The number of Topliss-reactive ketones (excluding diaryl/α,β-unsaturated/α-hetero) is 1. The summed E-state index contributed by atoms with van der Waals surface area (Å²) in [6, 6.07) is 2.46. The molecule has 2 aromatic rings. The van der Waals surface area contributed by atoms with Gasteiger partial charge in [0.15, 0.2) is 17.3 Å². The number of benzene rings is 1. The molecule has 0 saturated carbocycles. The minimum Gasteiger partial charge on any atom is -0.503 e. The van der Waals surface area contributed by atoms with Crippen LogP contribution in [-0.2, 0) is 9.53 Å². The number of carbonyl (C=O) groups excluding carboxylic acids is 2. The Hall–Kier alpha value is -3.11. The number of amides is 1. The molecule has 1 N–H and O–H groups in total. The molecule has 0 saturated heterocycles. The molecule has 1 aromatic heterocycles. The molecule has 2 heterocycles. The predicted octanol–water partition coefficient (Wildman–Crippen LogP) is 3.79. The topological polar surface area (TPSA) is 107 Å². The summed E-state index contributed by atoms with van der Waals surface area (Å²) in [6.07, 6.45) is -0.0391. The number of rotatable bonds is 10. The zero-order chi connectivity index (χ0) is 25.2. The Morgan fingerprint density at radius 1 is 1.15 bits per heavy atom. The van der Waals surface area contributed by atoms with E-state index in [4.69, 9.17) is 18.9 Å². The number of carbonyl (C=O) groups is 2. The first-order valence-electron chi connectivity index (χ1n) is 10.8. The van der Waals surface area contributed by atoms with Gasteiger partial charge in [-0.05, 0) is 45.4 Å². The van der Waals surface area contributed by atoms with Gasteiger partial charge in [0, 0.05) is 6.54 Å². The molecule has 0 spiro atoms. The van der Waals surface area contributed by atoms with Crippen molar-refractivity contribution in [3.05, 3.63) is 44.6 Å². The van der Waals surface area contributed by atoms with E-state index in [0.717, 1.165) is 5.01 Å². The Morgan fingerprint density at radius 2 is 1.76 bits per heavy atom. The first kappa shape index (κ1) is 25.5. The average Bonchev–Trinajstić information content (AvgIpc) is 3.27. The number of hydrogen-bond donors (Lipinski definition) is 1. The molecule has 9 nitrogen and oxygen atoms in total. The minimum atomic E-state index is -0.883. The van der Waals surface area contributed by atoms with Gasteiger partial charge in [-0.2, -0.15) is 0 Å². The van der Waals surface area contributed by atoms with E-state index in [1.807, 2.05) is 13.8 Å². The van der Waals surface area contributed by atoms with Crippen molar-refractivity contribution in [1.82, 2.24) is 9.88 Å². The Balaban J connectivity index is 2.16. The molecule has 1 aliphatic heterocycles. The summed E-state index contributed by atoms with van der Waals surface area (Å²) in [5, 5.41) is 11.6. The number of ketones is 1. The molecular weight excluding hydrogens is 460 g/mol. The van der Waals surface area contributed by atoms with E-state index in [1.54, 1.807) is 26.0 Å². The molecule has 34 heavy (non-hydrogen) atoms. The van der Waals surface area contributed by atoms with Crippen LogP contribution in [0.5, 0.6) is 17.2 Å². The van der Waals surface area contributed by atoms with Crippen LogP contribution in [-0.4, -0.2) is 67.3 Å². The highest BCUT2D eigenvalue weighted by Gasteiger charge is 2.45. The van der Waals surface area contributed by atoms with Gasteiger partial charge in [-0.25, -0.2) is 4.98 Å². The first-order chi connectivity index (χ1) is 16.1. The molecule has 1 unspecified atom stereocenters. The van der Waals surface area contributed by atoms with E-state index in [9.17, 15) is 14.7 Å². The fourth-order valence-corrected chi connectivity index (χ4v) is 4.85. The summed E-state index contributed by atoms with van der Waals surface area (Å²) in [5.74, 6) is -0.564. The monoisotopic (exact) mass is 490 g/mol. The number of methoxy groups -OCH3 is 3. The second-order valence-corrected chi connectivity index (χ2v) is 9.22. The van der Waals surface area contributed by atoms with Crippen molar-refractivity contribution in [1.29, 1.82) is 0 Å². The van der Waals surface area contributed by atoms with Gasteiger partial charge < -0.3 is 29.0 Å². The van der Waals surface area contributed by atoms with Gasteiger partial charge in [-0.3, -0.25) is 9.59 Å². The lowest BCUT2D eigenvalue weighted by atomic mass is 9.94. The van der Waals surface area contributed by atoms with Crippen molar-refractivity contribution >= 4 is 23.0 Å². The van der Waals surface area contributed by atoms with Crippen LogP contribution < -0.4 is 14.2 Å². The van der Waals surface area contributed by atoms with E-state index in [2.05, 4.69) is 4.98 Å². The highest BCUT2D eigenvalue weighted by Crippen LogP contribution is 2.45. The van der Waals surface area contributed by atoms with Crippen molar-refractivity contribution in [3.8, 4) is 17.2 Å². The molecule has 1 aromatic carbocycles. The molecule has 3 rings (SSSR count). The number of aliphatic hydroxyl groups is 1. The van der Waals surface area contributed by atoms with Crippen LogP contribution in [0.25, 0.3) is 0 Å². The number of aromatic nitrogens is 1. The molecule has 1 amide bonds. The lowest BCUT2D eigenvalue weighted by Crippen LogP contribution is -2.34. The average molecular weight is 491 g/mol. The molecule has 1 aliphatic rings. The fourth-order valence-electron chi connectivity index (χ4n) is 3.97. The maximum Gasteiger partial charge on any atom is 0.290 e. The van der Waals surface area contributed by atoms with Crippen molar-refractivity contribution in [2.45, 2.75) is 39.8 Å². The van der Waals surface area contributed by atoms with E-state index in [0.29, 0.717) is 33.4 Å². The lowest BCUT2D eigenvalue weighted by molar-refractivity contribution is -0.130. The lowest BCUT2D eigenvalue weighted by Gasteiger charge is -2.28. The normalized spacial score (nSPS) is 15.9. The molecule has 0 aliphatic carbocycles.